The Labute approximate surface area is 112 Å². The molecule has 0 spiro atoms. The lowest BCUT2D eigenvalue weighted by molar-refractivity contribution is 0.0950. The van der Waals surface area contributed by atoms with E-state index in [4.69, 9.17) is 0 Å². The quantitative estimate of drug-likeness (QED) is 0.894. The first-order valence-corrected chi connectivity index (χ1v) is 6.99. The van der Waals surface area contributed by atoms with E-state index in [-0.39, 0.29) is 5.91 Å². The summed E-state index contributed by atoms with van der Waals surface area (Å²) in [4.78, 5) is 13.3. The van der Waals surface area contributed by atoms with E-state index in [1.807, 2.05) is 35.7 Å². The fourth-order valence-electron chi connectivity index (χ4n) is 1.98. The highest BCUT2D eigenvalue weighted by Gasteiger charge is 2.13. The number of thiophene rings is 1. The van der Waals surface area contributed by atoms with Gasteiger partial charge in [0.2, 0.25) is 0 Å². The Morgan fingerprint density at radius 1 is 1.28 bits per heavy atom. The summed E-state index contributed by atoms with van der Waals surface area (Å²) in [6.45, 7) is 4.73. The molecule has 0 aliphatic rings. The van der Waals surface area contributed by atoms with Crippen molar-refractivity contribution in [2.45, 2.75) is 26.8 Å². The third kappa shape index (κ3) is 2.79. The van der Waals surface area contributed by atoms with Gasteiger partial charge in [0.25, 0.3) is 5.91 Å². The summed E-state index contributed by atoms with van der Waals surface area (Å²) in [6, 6.07) is 9.96. The molecule has 0 bridgehead atoms. The van der Waals surface area contributed by atoms with Gasteiger partial charge in [-0.1, -0.05) is 37.3 Å². The van der Waals surface area contributed by atoms with E-state index in [1.165, 1.54) is 10.4 Å². The highest BCUT2D eigenvalue weighted by atomic mass is 32.1. The van der Waals surface area contributed by atoms with Crippen LogP contribution in [0.2, 0.25) is 0 Å². The van der Waals surface area contributed by atoms with Crippen molar-refractivity contribution in [3.8, 4) is 0 Å². The molecule has 0 aliphatic carbocycles. The Balaban J connectivity index is 2.04. The molecule has 0 unspecified atom stereocenters. The molecule has 94 valence electrons. The third-order valence-electron chi connectivity index (χ3n) is 3.00. The lowest BCUT2D eigenvalue weighted by atomic mass is 10.1. The normalized spacial score (nSPS) is 10.3. The predicted octanol–water partition coefficient (Wildman–Crippen LogP) is 3.55. The zero-order valence-corrected chi connectivity index (χ0v) is 11.5. The van der Waals surface area contributed by atoms with E-state index >= 15 is 0 Å². The van der Waals surface area contributed by atoms with Crippen LogP contribution >= 0.6 is 11.3 Å². The van der Waals surface area contributed by atoms with Crippen molar-refractivity contribution in [2.24, 2.45) is 0 Å². The van der Waals surface area contributed by atoms with Gasteiger partial charge < -0.3 is 5.32 Å². The molecular weight excluding hydrogens is 242 g/mol. The van der Waals surface area contributed by atoms with Crippen LogP contribution in [0.1, 0.15) is 33.3 Å². The Morgan fingerprint density at radius 3 is 2.67 bits per heavy atom. The first-order valence-electron chi connectivity index (χ1n) is 6.11. The third-order valence-corrected chi connectivity index (χ3v) is 3.95. The minimum Gasteiger partial charge on any atom is -0.348 e. The van der Waals surface area contributed by atoms with Crippen molar-refractivity contribution in [2.75, 3.05) is 0 Å². The van der Waals surface area contributed by atoms with Gasteiger partial charge in [-0.15, -0.1) is 11.3 Å². The first kappa shape index (κ1) is 12.8. The van der Waals surface area contributed by atoms with E-state index in [1.54, 1.807) is 11.3 Å². The average Bonchev–Trinajstić information content (AvgIpc) is 2.78. The Bertz CT molecular complexity index is 531. The molecule has 1 N–H and O–H groups in total. The second kappa shape index (κ2) is 5.83. The summed E-state index contributed by atoms with van der Waals surface area (Å²) in [6.07, 6.45) is 0.906. The van der Waals surface area contributed by atoms with Crippen LogP contribution in [-0.4, -0.2) is 5.91 Å². The molecule has 1 amide bonds. The number of nitrogens with one attached hydrogen (secondary N) is 1. The number of carbonyl (C=O) groups excluding carboxylic acids is 1. The van der Waals surface area contributed by atoms with Crippen LogP contribution in [0.25, 0.3) is 0 Å². The van der Waals surface area contributed by atoms with Crippen molar-refractivity contribution >= 4 is 17.2 Å². The zero-order valence-electron chi connectivity index (χ0n) is 10.7. The number of rotatable bonds is 4. The number of carbonyl (C=O) groups is 1. The minimum atomic E-state index is 0.0278. The number of benzene rings is 1. The minimum absolute atomic E-state index is 0.0278. The molecule has 1 aromatic carbocycles. The maximum Gasteiger partial charge on any atom is 0.252 e. The van der Waals surface area contributed by atoms with Gasteiger partial charge in [-0.25, -0.2) is 0 Å². The van der Waals surface area contributed by atoms with Crippen LogP contribution in [0.15, 0.2) is 35.7 Å². The van der Waals surface area contributed by atoms with E-state index in [0.717, 1.165) is 17.5 Å². The summed E-state index contributed by atoms with van der Waals surface area (Å²) in [5.41, 5.74) is 3.12. The first-order chi connectivity index (χ1) is 8.72. The van der Waals surface area contributed by atoms with Gasteiger partial charge in [0.05, 0.1) is 5.56 Å². The molecule has 0 atom stereocenters. The molecule has 0 saturated heterocycles. The van der Waals surface area contributed by atoms with Gasteiger partial charge in [-0.05, 0) is 24.5 Å². The molecule has 1 heterocycles. The van der Waals surface area contributed by atoms with Crippen LogP contribution in [0, 0.1) is 6.92 Å². The summed E-state index contributed by atoms with van der Waals surface area (Å²) in [5.74, 6) is 0.0278. The summed E-state index contributed by atoms with van der Waals surface area (Å²) < 4.78 is 0. The summed E-state index contributed by atoms with van der Waals surface area (Å²) >= 11 is 1.64. The number of hydrogen-bond acceptors (Lipinski definition) is 2. The Kier molecular flexibility index (Phi) is 4.15. The predicted molar refractivity (Wildman–Crippen MR) is 76.0 cm³/mol. The highest BCUT2D eigenvalue weighted by molar-refractivity contribution is 7.10. The second-order valence-electron chi connectivity index (χ2n) is 4.21. The number of hydrogen-bond donors (Lipinski definition) is 1. The van der Waals surface area contributed by atoms with E-state index < -0.39 is 0 Å². The zero-order chi connectivity index (χ0) is 13.0. The Hall–Kier alpha value is -1.61. The molecule has 2 nitrogen and oxygen atoms in total. The van der Waals surface area contributed by atoms with Crippen molar-refractivity contribution < 1.29 is 4.79 Å². The molecular formula is C15H17NOS. The monoisotopic (exact) mass is 259 g/mol. The lowest BCUT2D eigenvalue weighted by Gasteiger charge is -2.06. The molecule has 18 heavy (non-hydrogen) atoms. The molecule has 0 radical (unpaired) electrons. The van der Waals surface area contributed by atoms with Crippen LogP contribution < -0.4 is 5.32 Å². The van der Waals surface area contributed by atoms with Crippen molar-refractivity contribution in [3.05, 3.63) is 57.3 Å². The van der Waals surface area contributed by atoms with E-state index in [2.05, 4.69) is 19.2 Å². The smallest absolute Gasteiger partial charge is 0.252 e. The second-order valence-corrected chi connectivity index (χ2v) is 5.29. The largest absolute Gasteiger partial charge is 0.348 e. The van der Waals surface area contributed by atoms with Crippen molar-refractivity contribution in [1.82, 2.24) is 5.32 Å². The van der Waals surface area contributed by atoms with Crippen LogP contribution in [0.3, 0.4) is 0 Å². The molecule has 0 saturated carbocycles. The maximum absolute atomic E-state index is 12.1. The van der Waals surface area contributed by atoms with E-state index in [9.17, 15) is 4.79 Å². The maximum atomic E-state index is 12.1. The number of amides is 1. The molecule has 2 rings (SSSR count). The van der Waals surface area contributed by atoms with E-state index in [0.29, 0.717) is 6.54 Å². The van der Waals surface area contributed by atoms with Crippen LogP contribution in [-0.2, 0) is 13.0 Å². The number of aryl methyl sites for hydroxylation is 1. The van der Waals surface area contributed by atoms with Crippen LogP contribution in [0.5, 0.6) is 0 Å². The van der Waals surface area contributed by atoms with Gasteiger partial charge in [0.15, 0.2) is 0 Å². The molecule has 2 aromatic rings. The summed E-state index contributed by atoms with van der Waals surface area (Å²) in [5, 5.41) is 4.92. The fourth-order valence-corrected chi connectivity index (χ4v) is 2.92. The highest BCUT2D eigenvalue weighted by Crippen LogP contribution is 2.22. The topological polar surface area (TPSA) is 29.1 Å². The van der Waals surface area contributed by atoms with Crippen LogP contribution in [0.4, 0.5) is 0 Å². The SMILES string of the molecule is CCc1c(C(=O)NCc2ccccc2)csc1C. The molecule has 1 aromatic heterocycles. The van der Waals surface area contributed by atoms with Gasteiger partial charge in [0, 0.05) is 16.8 Å². The van der Waals surface area contributed by atoms with Crippen molar-refractivity contribution in [3.63, 3.8) is 0 Å². The molecule has 0 fully saturated rings. The van der Waals surface area contributed by atoms with Crippen molar-refractivity contribution in [1.29, 1.82) is 0 Å². The Morgan fingerprint density at radius 2 is 2.00 bits per heavy atom. The standard InChI is InChI=1S/C15H17NOS/c1-3-13-11(2)18-10-14(13)15(17)16-9-12-7-5-4-6-8-12/h4-8,10H,3,9H2,1-2H3,(H,16,17). The molecule has 3 heteroatoms. The summed E-state index contributed by atoms with van der Waals surface area (Å²) in [7, 11) is 0. The van der Waals surface area contributed by atoms with Gasteiger partial charge in [0.1, 0.15) is 0 Å². The van der Waals surface area contributed by atoms with Gasteiger partial charge in [-0.3, -0.25) is 4.79 Å². The van der Waals surface area contributed by atoms with Gasteiger partial charge >= 0.3 is 0 Å². The average molecular weight is 259 g/mol. The lowest BCUT2D eigenvalue weighted by Crippen LogP contribution is -2.23. The fraction of sp³-hybridized carbons (Fsp3) is 0.267. The van der Waals surface area contributed by atoms with Gasteiger partial charge in [-0.2, -0.15) is 0 Å². The molecule has 0 aliphatic heterocycles.